The first-order valence-electron chi connectivity index (χ1n) is 8.22. The van der Waals surface area contributed by atoms with Gasteiger partial charge in [-0.2, -0.15) is 10.1 Å². The van der Waals surface area contributed by atoms with Gasteiger partial charge in [0.05, 0.1) is 36.8 Å². The zero-order valence-corrected chi connectivity index (χ0v) is 17.0. The van der Waals surface area contributed by atoms with Crippen LogP contribution in [-0.4, -0.2) is 36.9 Å². The van der Waals surface area contributed by atoms with Crippen LogP contribution in [0.2, 0.25) is 0 Å². The zero-order chi connectivity index (χ0) is 20.4. The van der Waals surface area contributed by atoms with Gasteiger partial charge in [0.2, 0.25) is 0 Å². The van der Waals surface area contributed by atoms with Gasteiger partial charge in [0.25, 0.3) is 5.91 Å². The minimum Gasteiger partial charge on any atom is -0.493 e. The predicted molar refractivity (Wildman–Crippen MR) is 109 cm³/mol. The van der Waals surface area contributed by atoms with E-state index in [1.54, 1.807) is 44.4 Å². The number of carbonyl (C=O) groups excluding carboxylic acids is 1. The van der Waals surface area contributed by atoms with Crippen molar-refractivity contribution in [1.82, 2.24) is 0 Å². The Kier molecular flexibility index (Phi) is 5.51. The monoisotopic (exact) mass is 444 g/mol. The van der Waals surface area contributed by atoms with Crippen LogP contribution >= 0.6 is 15.9 Å². The van der Waals surface area contributed by atoms with E-state index in [2.05, 4.69) is 21.0 Å². The fraction of sp³-hybridized carbons (Fsp3) is 0.150. The van der Waals surface area contributed by atoms with Crippen molar-refractivity contribution in [3.63, 3.8) is 0 Å². The smallest absolute Gasteiger partial charge is 0.335 e. The molecule has 144 valence electrons. The first-order chi connectivity index (χ1) is 13.3. The molecule has 1 N–H and O–H groups in total. The summed E-state index contributed by atoms with van der Waals surface area (Å²) in [6.07, 6.45) is 1.70. The van der Waals surface area contributed by atoms with Crippen molar-refractivity contribution in [2.45, 2.75) is 6.92 Å². The van der Waals surface area contributed by atoms with Crippen LogP contribution in [0.3, 0.4) is 0 Å². The molecule has 0 atom stereocenters. The number of carbonyl (C=O) groups is 2. The van der Waals surface area contributed by atoms with Crippen molar-refractivity contribution in [2.75, 3.05) is 19.2 Å². The predicted octanol–water partition coefficient (Wildman–Crippen LogP) is 3.97. The van der Waals surface area contributed by atoms with Crippen molar-refractivity contribution < 1.29 is 24.2 Å². The van der Waals surface area contributed by atoms with Gasteiger partial charge in [-0.3, -0.25) is 4.79 Å². The van der Waals surface area contributed by atoms with Crippen LogP contribution in [-0.2, 0) is 4.79 Å². The fourth-order valence-corrected chi connectivity index (χ4v) is 3.20. The average molecular weight is 445 g/mol. The molecule has 7 nitrogen and oxygen atoms in total. The van der Waals surface area contributed by atoms with E-state index in [1.807, 2.05) is 0 Å². The van der Waals surface area contributed by atoms with Crippen molar-refractivity contribution in [1.29, 1.82) is 0 Å². The fourth-order valence-electron chi connectivity index (χ4n) is 2.77. The molecule has 0 aliphatic carbocycles. The van der Waals surface area contributed by atoms with E-state index in [4.69, 9.17) is 14.6 Å². The summed E-state index contributed by atoms with van der Waals surface area (Å²) in [6, 6.07) is 9.59. The summed E-state index contributed by atoms with van der Waals surface area (Å²) >= 11 is 3.47. The molecule has 0 saturated carbocycles. The second-order valence-electron chi connectivity index (χ2n) is 5.94. The third-order valence-corrected chi connectivity index (χ3v) is 4.89. The highest BCUT2D eigenvalue weighted by Gasteiger charge is 2.29. The molecule has 1 aliphatic rings. The highest BCUT2D eigenvalue weighted by atomic mass is 79.9. The number of hydrazone groups is 1. The van der Waals surface area contributed by atoms with Crippen molar-refractivity contribution in [3.05, 3.63) is 57.6 Å². The molecule has 1 amide bonds. The number of carboxylic acids is 1. The maximum absolute atomic E-state index is 12.9. The Labute approximate surface area is 170 Å². The van der Waals surface area contributed by atoms with Gasteiger partial charge in [-0.1, -0.05) is 22.0 Å². The van der Waals surface area contributed by atoms with Crippen LogP contribution in [0.5, 0.6) is 11.5 Å². The first kappa shape index (κ1) is 19.6. The quantitative estimate of drug-likeness (QED) is 0.704. The maximum atomic E-state index is 12.9. The van der Waals surface area contributed by atoms with E-state index in [0.29, 0.717) is 28.5 Å². The lowest BCUT2D eigenvalue weighted by atomic mass is 10.1. The Morgan fingerprint density at radius 3 is 2.50 bits per heavy atom. The van der Waals surface area contributed by atoms with Gasteiger partial charge in [0, 0.05) is 4.47 Å². The number of anilines is 1. The molecule has 0 bridgehead atoms. The molecule has 1 aliphatic heterocycles. The molecule has 0 unspecified atom stereocenters. The molecule has 0 spiro atoms. The summed E-state index contributed by atoms with van der Waals surface area (Å²) in [7, 11) is 3.08. The van der Waals surface area contributed by atoms with E-state index < -0.39 is 5.97 Å². The molecule has 0 saturated heterocycles. The number of hydrogen-bond donors (Lipinski definition) is 1. The Bertz CT molecular complexity index is 1030. The molecule has 1 heterocycles. The van der Waals surface area contributed by atoms with Crippen molar-refractivity contribution in [3.8, 4) is 11.5 Å². The van der Waals surface area contributed by atoms with Crippen LogP contribution < -0.4 is 14.5 Å². The SMILES string of the molecule is COc1cc(Br)c(/C=C2\C(=O)N(c3cccc(C(=O)O)c3)N=C2C)cc1OC. The van der Waals surface area contributed by atoms with E-state index >= 15 is 0 Å². The van der Waals surface area contributed by atoms with Gasteiger partial charge < -0.3 is 14.6 Å². The molecule has 2 aromatic rings. The second kappa shape index (κ2) is 7.85. The van der Waals surface area contributed by atoms with E-state index in [-0.39, 0.29) is 11.5 Å². The second-order valence-corrected chi connectivity index (χ2v) is 6.80. The topological polar surface area (TPSA) is 88.4 Å². The van der Waals surface area contributed by atoms with E-state index in [1.165, 1.54) is 24.3 Å². The molecule has 2 aromatic carbocycles. The lowest BCUT2D eigenvalue weighted by Gasteiger charge is -2.12. The van der Waals surface area contributed by atoms with Crippen LogP contribution in [0, 0.1) is 0 Å². The third-order valence-electron chi connectivity index (χ3n) is 4.20. The number of nitrogens with zero attached hydrogens (tertiary/aromatic N) is 2. The Morgan fingerprint density at radius 2 is 1.86 bits per heavy atom. The summed E-state index contributed by atoms with van der Waals surface area (Å²) < 4.78 is 11.3. The normalized spacial score (nSPS) is 15.0. The van der Waals surface area contributed by atoms with Gasteiger partial charge >= 0.3 is 5.97 Å². The van der Waals surface area contributed by atoms with E-state index in [9.17, 15) is 9.59 Å². The number of carboxylic acid groups (broad SMARTS) is 1. The van der Waals surface area contributed by atoms with Gasteiger partial charge in [-0.25, -0.2) is 4.79 Å². The Hall–Kier alpha value is -3.13. The molecular weight excluding hydrogens is 428 g/mol. The number of amides is 1. The Balaban J connectivity index is 2.00. The molecule has 0 radical (unpaired) electrons. The van der Waals surface area contributed by atoms with Gasteiger partial charge in [-0.05, 0) is 48.9 Å². The molecule has 0 aromatic heterocycles. The van der Waals surface area contributed by atoms with Crippen molar-refractivity contribution >= 4 is 45.3 Å². The highest BCUT2D eigenvalue weighted by Crippen LogP contribution is 2.35. The highest BCUT2D eigenvalue weighted by molar-refractivity contribution is 9.10. The number of rotatable bonds is 5. The van der Waals surface area contributed by atoms with Crippen molar-refractivity contribution in [2.24, 2.45) is 5.10 Å². The number of ether oxygens (including phenoxy) is 2. The number of aromatic carboxylic acids is 1. The lowest BCUT2D eigenvalue weighted by Crippen LogP contribution is -2.21. The number of hydrogen-bond acceptors (Lipinski definition) is 5. The molecule has 8 heteroatoms. The minimum atomic E-state index is -1.07. The molecular formula is C20H17BrN2O5. The van der Waals surface area contributed by atoms with Gasteiger partial charge in [0.1, 0.15) is 0 Å². The Morgan fingerprint density at radius 1 is 1.18 bits per heavy atom. The number of methoxy groups -OCH3 is 2. The third kappa shape index (κ3) is 3.63. The largest absolute Gasteiger partial charge is 0.493 e. The van der Waals surface area contributed by atoms with Crippen LogP contribution in [0.25, 0.3) is 6.08 Å². The standard InChI is InChI=1S/C20H17BrN2O5/c1-11-15(8-13-9-17(27-2)18(28-3)10-16(13)21)19(24)23(22-11)14-6-4-5-12(7-14)20(25)26/h4-10H,1-3H3,(H,25,26)/b15-8-. The van der Waals surface area contributed by atoms with Crippen LogP contribution in [0.1, 0.15) is 22.8 Å². The summed E-state index contributed by atoms with van der Waals surface area (Å²) in [6.45, 7) is 1.72. The molecule has 28 heavy (non-hydrogen) atoms. The maximum Gasteiger partial charge on any atom is 0.335 e. The molecule has 3 rings (SSSR count). The summed E-state index contributed by atoms with van der Waals surface area (Å²) in [4.78, 5) is 24.1. The van der Waals surface area contributed by atoms with Crippen LogP contribution in [0.15, 0.2) is 51.5 Å². The zero-order valence-electron chi connectivity index (χ0n) is 15.4. The van der Waals surface area contributed by atoms with Gasteiger partial charge in [-0.15, -0.1) is 0 Å². The first-order valence-corrected chi connectivity index (χ1v) is 9.01. The summed E-state index contributed by atoms with van der Waals surface area (Å²) in [5, 5.41) is 14.6. The number of halogens is 1. The summed E-state index contributed by atoms with van der Waals surface area (Å²) in [5.74, 6) is -0.323. The van der Waals surface area contributed by atoms with E-state index in [0.717, 1.165) is 10.0 Å². The minimum absolute atomic E-state index is 0.0817. The molecule has 0 fully saturated rings. The number of benzene rings is 2. The lowest BCUT2D eigenvalue weighted by molar-refractivity contribution is -0.114. The average Bonchev–Trinajstić information content (AvgIpc) is 2.97. The van der Waals surface area contributed by atoms with Crippen LogP contribution in [0.4, 0.5) is 5.69 Å². The summed E-state index contributed by atoms with van der Waals surface area (Å²) in [5.41, 5.74) is 2.11. The van der Waals surface area contributed by atoms with Gasteiger partial charge in [0.15, 0.2) is 11.5 Å².